The number of hydrogen-bond donors (Lipinski definition) is 1. The zero-order valence-electron chi connectivity index (χ0n) is 15.7. The first-order valence-electron chi connectivity index (χ1n) is 8.58. The minimum Gasteiger partial charge on any atom is -0.431 e. The maximum atomic E-state index is 13.4. The summed E-state index contributed by atoms with van der Waals surface area (Å²) < 4.78 is 15.4. The molecule has 1 N–H and O–H groups in total. The molecule has 0 aliphatic heterocycles. The van der Waals surface area contributed by atoms with Crippen molar-refractivity contribution in [3.63, 3.8) is 0 Å². The SMILES string of the molecule is CNC(=O)OC1(C(=O)c2ccccc2OC(=O)OC(C)C)C=CC=CC1C=O. The van der Waals surface area contributed by atoms with Crippen LogP contribution in [0.15, 0.2) is 48.6 Å². The lowest BCUT2D eigenvalue weighted by molar-refractivity contribution is -0.113. The van der Waals surface area contributed by atoms with Crippen LogP contribution in [-0.4, -0.2) is 43.1 Å². The summed E-state index contributed by atoms with van der Waals surface area (Å²) in [4.78, 5) is 48.8. The predicted octanol–water partition coefficient (Wildman–Crippen LogP) is 2.83. The highest BCUT2D eigenvalue weighted by Gasteiger charge is 2.48. The summed E-state index contributed by atoms with van der Waals surface area (Å²) in [6.45, 7) is 3.30. The molecule has 0 bridgehead atoms. The second kappa shape index (κ2) is 8.98. The van der Waals surface area contributed by atoms with Crippen LogP contribution in [0.1, 0.15) is 24.2 Å². The first kappa shape index (κ1) is 20.9. The highest BCUT2D eigenvalue weighted by Crippen LogP contribution is 2.34. The smallest absolute Gasteiger partial charge is 0.431 e. The number of para-hydroxylation sites is 1. The normalized spacial score (nSPS) is 20.4. The van der Waals surface area contributed by atoms with Gasteiger partial charge in [-0.2, -0.15) is 0 Å². The first-order chi connectivity index (χ1) is 13.3. The Morgan fingerprint density at radius 2 is 1.89 bits per heavy atom. The Kier molecular flexibility index (Phi) is 6.70. The third kappa shape index (κ3) is 4.46. The van der Waals surface area contributed by atoms with Crippen molar-refractivity contribution in [3.05, 3.63) is 54.1 Å². The van der Waals surface area contributed by atoms with Gasteiger partial charge in [-0.1, -0.05) is 30.4 Å². The topological polar surface area (TPSA) is 108 Å². The number of benzene rings is 1. The number of Topliss-reactive ketones (excluding diaryl/α,β-unsaturated/α-hetero) is 1. The summed E-state index contributed by atoms with van der Waals surface area (Å²) in [5.41, 5.74) is -1.96. The van der Waals surface area contributed by atoms with E-state index in [1.807, 2.05) is 0 Å². The number of allylic oxidation sites excluding steroid dienone is 2. The van der Waals surface area contributed by atoms with Crippen LogP contribution >= 0.6 is 0 Å². The maximum Gasteiger partial charge on any atom is 0.514 e. The summed E-state index contributed by atoms with van der Waals surface area (Å²) in [5.74, 6) is -1.86. The van der Waals surface area contributed by atoms with Crippen molar-refractivity contribution in [2.45, 2.75) is 25.6 Å². The number of nitrogens with one attached hydrogen (secondary N) is 1. The van der Waals surface area contributed by atoms with Crippen LogP contribution in [0.5, 0.6) is 5.75 Å². The van der Waals surface area contributed by atoms with Crippen LogP contribution in [-0.2, 0) is 14.3 Å². The molecule has 8 heteroatoms. The minimum absolute atomic E-state index is 0.0427. The van der Waals surface area contributed by atoms with Gasteiger partial charge in [-0.05, 0) is 32.1 Å². The van der Waals surface area contributed by atoms with Crippen molar-refractivity contribution >= 4 is 24.3 Å². The van der Waals surface area contributed by atoms with Crippen LogP contribution in [0.4, 0.5) is 9.59 Å². The van der Waals surface area contributed by atoms with Crippen molar-refractivity contribution in [2.75, 3.05) is 7.05 Å². The first-order valence-corrected chi connectivity index (χ1v) is 8.58. The molecule has 0 heterocycles. The second-order valence-corrected chi connectivity index (χ2v) is 6.18. The van der Waals surface area contributed by atoms with Crippen LogP contribution in [0.25, 0.3) is 0 Å². The number of amides is 1. The zero-order chi connectivity index (χ0) is 20.7. The van der Waals surface area contributed by atoms with Crippen LogP contribution < -0.4 is 10.1 Å². The molecule has 0 saturated heterocycles. The number of rotatable bonds is 6. The summed E-state index contributed by atoms with van der Waals surface area (Å²) in [6.07, 6.45) is 4.07. The van der Waals surface area contributed by atoms with Gasteiger partial charge in [0.05, 0.1) is 17.6 Å². The van der Waals surface area contributed by atoms with E-state index in [-0.39, 0.29) is 11.3 Å². The average Bonchev–Trinajstić information content (AvgIpc) is 2.67. The van der Waals surface area contributed by atoms with Gasteiger partial charge in [-0.3, -0.25) is 4.79 Å². The molecule has 8 nitrogen and oxygen atoms in total. The van der Waals surface area contributed by atoms with Crippen LogP contribution in [0.2, 0.25) is 0 Å². The van der Waals surface area contributed by atoms with E-state index in [0.29, 0.717) is 6.29 Å². The fourth-order valence-electron chi connectivity index (χ4n) is 2.62. The van der Waals surface area contributed by atoms with Crippen molar-refractivity contribution in [1.82, 2.24) is 5.32 Å². The Bertz CT molecular complexity index is 828. The van der Waals surface area contributed by atoms with Gasteiger partial charge in [0.15, 0.2) is 0 Å². The lowest BCUT2D eigenvalue weighted by Gasteiger charge is -2.33. The largest absolute Gasteiger partial charge is 0.514 e. The number of carbonyl (C=O) groups is 4. The fourth-order valence-corrected chi connectivity index (χ4v) is 2.62. The number of alkyl carbamates (subject to hydrolysis) is 1. The maximum absolute atomic E-state index is 13.4. The highest BCUT2D eigenvalue weighted by atomic mass is 16.7. The standard InChI is InChI=1S/C20H21NO7/c1-13(2)26-19(25)27-16-10-5-4-9-15(16)17(23)20(28-18(24)21-3)11-7-6-8-14(20)12-22/h4-14H,1-3H3,(H,21,24). The lowest BCUT2D eigenvalue weighted by Crippen LogP contribution is -2.50. The molecule has 0 aromatic heterocycles. The molecule has 0 spiro atoms. The molecule has 2 unspecified atom stereocenters. The monoisotopic (exact) mass is 387 g/mol. The van der Waals surface area contributed by atoms with E-state index in [1.165, 1.54) is 37.4 Å². The molecule has 0 saturated carbocycles. The summed E-state index contributed by atoms with van der Waals surface area (Å²) in [6, 6.07) is 5.93. The summed E-state index contributed by atoms with van der Waals surface area (Å²) in [7, 11) is 1.33. The van der Waals surface area contributed by atoms with E-state index >= 15 is 0 Å². The molecule has 1 aromatic rings. The Morgan fingerprint density at radius 1 is 1.18 bits per heavy atom. The van der Waals surface area contributed by atoms with Gasteiger partial charge in [0.1, 0.15) is 12.0 Å². The quantitative estimate of drug-likeness (QED) is 0.346. The molecular formula is C20H21NO7. The Balaban J connectivity index is 2.47. The van der Waals surface area contributed by atoms with Gasteiger partial charge in [0.25, 0.3) is 0 Å². The second-order valence-electron chi connectivity index (χ2n) is 6.18. The van der Waals surface area contributed by atoms with E-state index in [9.17, 15) is 19.2 Å². The average molecular weight is 387 g/mol. The van der Waals surface area contributed by atoms with Crippen LogP contribution in [0, 0.1) is 5.92 Å². The molecule has 1 aliphatic carbocycles. The number of aldehydes is 1. The van der Waals surface area contributed by atoms with Gasteiger partial charge in [-0.25, -0.2) is 9.59 Å². The van der Waals surface area contributed by atoms with E-state index in [2.05, 4.69) is 5.32 Å². The minimum atomic E-state index is -1.92. The van der Waals surface area contributed by atoms with Gasteiger partial charge >= 0.3 is 12.2 Å². The number of ketones is 1. The Labute approximate surface area is 162 Å². The summed E-state index contributed by atoms with van der Waals surface area (Å²) in [5, 5.41) is 2.26. The van der Waals surface area contributed by atoms with Gasteiger partial charge < -0.3 is 24.3 Å². The van der Waals surface area contributed by atoms with Gasteiger partial charge in [0, 0.05) is 7.05 Å². The molecule has 1 aromatic carbocycles. The van der Waals surface area contributed by atoms with E-state index in [4.69, 9.17) is 14.2 Å². The molecule has 0 radical (unpaired) electrons. The molecule has 2 atom stereocenters. The molecular weight excluding hydrogens is 366 g/mol. The van der Waals surface area contributed by atoms with Crippen LogP contribution in [0.3, 0.4) is 0 Å². The highest BCUT2D eigenvalue weighted by molar-refractivity contribution is 6.09. The van der Waals surface area contributed by atoms with Crippen molar-refractivity contribution in [2.24, 2.45) is 5.92 Å². The number of ether oxygens (including phenoxy) is 3. The Morgan fingerprint density at radius 3 is 2.54 bits per heavy atom. The lowest BCUT2D eigenvalue weighted by atomic mass is 9.78. The third-order valence-corrected chi connectivity index (χ3v) is 3.89. The molecule has 28 heavy (non-hydrogen) atoms. The number of hydrogen-bond acceptors (Lipinski definition) is 7. The van der Waals surface area contributed by atoms with Crippen molar-refractivity contribution < 1.29 is 33.4 Å². The molecule has 2 rings (SSSR count). The molecule has 1 aliphatic rings. The van der Waals surface area contributed by atoms with Gasteiger partial charge in [0.2, 0.25) is 11.4 Å². The molecule has 0 fully saturated rings. The molecule has 1 amide bonds. The van der Waals surface area contributed by atoms with Gasteiger partial charge in [-0.15, -0.1) is 0 Å². The Hall–Kier alpha value is -3.42. The van der Waals surface area contributed by atoms with E-state index in [1.54, 1.807) is 32.1 Å². The summed E-state index contributed by atoms with van der Waals surface area (Å²) >= 11 is 0. The zero-order valence-corrected chi connectivity index (χ0v) is 15.7. The van der Waals surface area contributed by atoms with Crippen molar-refractivity contribution in [3.8, 4) is 5.75 Å². The molecule has 148 valence electrons. The van der Waals surface area contributed by atoms with Crippen molar-refractivity contribution in [1.29, 1.82) is 0 Å². The third-order valence-electron chi connectivity index (χ3n) is 3.89. The van der Waals surface area contributed by atoms with E-state index < -0.39 is 35.7 Å². The fraction of sp³-hybridized carbons (Fsp3) is 0.300. The van der Waals surface area contributed by atoms with E-state index in [0.717, 1.165) is 0 Å². The predicted molar refractivity (Wildman–Crippen MR) is 99.1 cm³/mol. The number of carbonyl (C=O) groups excluding carboxylic acids is 4.